The Balaban J connectivity index is 2.68. The van der Waals surface area contributed by atoms with Crippen LogP contribution in [0.4, 0.5) is 10.6 Å². The van der Waals surface area contributed by atoms with E-state index in [0.29, 0.717) is 4.47 Å². The zero-order valence-electron chi connectivity index (χ0n) is 19.3. The van der Waals surface area contributed by atoms with Crippen molar-refractivity contribution < 1.29 is 20.5 Å². The molecular weight excluding hydrogens is 322 g/mol. The first-order chi connectivity index (χ1) is 12.4. The number of pyridine rings is 1. The summed E-state index contributed by atoms with van der Waals surface area (Å²) in [5.41, 5.74) is -1.13. The Kier molecular flexibility index (Phi) is 2.29. The Labute approximate surface area is 139 Å². The second-order valence-corrected chi connectivity index (χ2v) is 5.85. The number of anilines is 1. The fraction of sp³-hybridized carbons (Fsp3) is 0.571. The van der Waals surface area contributed by atoms with Gasteiger partial charge in [0.2, 0.25) is 0 Å². The number of aromatic nitrogens is 1. The number of carbonyl (C=O) groups is 1. The lowest BCUT2D eigenvalue weighted by molar-refractivity contribution is 0.0240. The minimum Gasteiger partial charge on any atom is -0.444 e. The average Bonchev–Trinajstić information content (AvgIpc) is 2.45. The third-order valence-electron chi connectivity index (χ3n) is 2.06. The van der Waals surface area contributed by atoms with Gasteiger partial charge in [-0.05, 0) is 48.8 Å². The molecule has 0 saturated carbocycles. The molecule has 0 radical (unpaired) electrons. The summed E-state index contributed by atoms with van der Waals surface area (Å²) in [4.78, 5) is 16.6. The average molecular weight is 350 g/mol. The monoisotopic (exact) mass is 349 g/mol. The molecule has 0 aromatic carbocycles. The van der Waals surface area contributed by atoms with E-state index in [9.17, 15) is 4.79 Å². The Morgan fingerprint density at radius 1 is 1.35 bits per heavy atom. The van der Waals surface area contributed by atoms with Gasteiger partial charge in [-0.25, -0.2) is 9.78 Å². The third kappa shape index (κ3) is 4.10. The summed E-state index contributed by atoms with van der Waals surface area (Å²) in [5.74, 6) is -0.338. The van der Waals surface area contributed by atoms with Crippen molar-refractivity contribution in [3.63, 3.8) is 0 Å². The van der Waals surface area contributed by atoms with E-state index >= 15 is 0 Å². The number of halogens is 1. The summed E-state index contributed by atoms with van der Waals surface area (Å²) in [5, 5.41) is 0. The molecule has 1 aliphatic rings. The van der Waals surface area contributed by atoms with Crippen LogP contribution in [0.2, 0.25) is 0 Å². The molecule has 1 amide bonds. The van der Waals surface area contributed by atoms with Gasteiger partial charge in [-0.1, -0.05) is 0 Å². The van der Waals surface area contributed by atoms with E-state index < -0.39 is 37.7 Å². The predicted octanol–water partition coefficient (Wildman–Crippen LogP) is 2.90. The second kappa shape index (κ2) is 5.99. The Bertz CT molecular complexity index is 739. The Morgan fingerprint density at radius 2 is 2.00 bits per heavy atom. The van der Waals surface area contributed by atoms with Gasteiger partial charge in [-0.15, -0.1) is 0 Å². The van der Waals surface area contributed by atoms with Crippen molar-refractivity contribution in [1.82, 2.24) is 9.88 Å². The van der Waals surface area contributed by atoms with Crippen LogP contribution in [-0.2, 0) is 4.74 Å². The van der Waals surface area contributed by atoms with Gasteiger partial charge < -0.3 is 14.5 Å². The van der Waals surface area contributed by atoms with Crippen molar-refractivity contribution in [1.29, 1.82) is 0 Å². The number of rotatable bonds is 1. The maximum Gasteiger partial charge on any atom is 0.410 e. The Hall–Kier alpha value is -1.30. The number of hydrogen-bond acceptors (Lipinski definition) is 4. The van der Waals surface area contributed by atoms with Gasteiger partial charge in [0.15, 0.2) is 0 Å². The number of nitrogens with zero attached hydrogens (tertiary/aromatic N) is 3. The van der Waals surface area contributed by atoms with Crippen LogP contribution < -0.4 is 4.90 Å². The molecule has 0 N–H and O–H groups in total. The van der Waals surface area contributed by atoms with Gasteiger partial charge in [0.05, 0.1) is 11.0 Å². The minimum absolute atomic E-state index is 0.152. The molecule has 1 fully saturated rings. The van der Waals surface area contributed by atoms with Gasteiger partial charge in [0, 0.05) is 36.7 Å². The highest BCUT2D eigenvalue weighted by Crippen LogP contribution is 2.17. The van der Waals surface area contributed by atoms with Crippen LogP contribution in [0.15, 0.2) is 22.8 Å². The molecule has 1 saturated heterocycles. The van der Waals surface area contributed by atoms with Crippen LogP contribution in [0, 0.1) is 0 Å². The van der Waals surface area contributed by atoms with Crippen molar-refractivity contribution in [3.05, 3.63) is 22.8 Å². The highest BCUT2D eigenvalue weighted by molar-refractivity contribution is 9.10. The minimum atomic E-state index is -3.31. The first-order valence-electron chi connectivity index (χ1n) is 9.82. The van der Waals surface area contributed by atoms with E-state index in [4.69, 9.17) is 15.7 Å². The molecule has 1 aromatic rings. The molecule has 0 spiro atoms. The normalized spacial score (nSPS) is 32.2. The molecule has 0 aliphatic carbocycles. The molecule has 0 bridgehead atoms. The summed E-state index contributed by atoms with van der Waals surface area (Å²) in [6, 6.07) is 2.65. The van der Waals surface area contributed by atoms with Crippen LogP contribution in [0.5, 0.6) is 0 Å². The molecule has 110 valence electrons. The summed E-state index contributed by atoms with van der Waals surface area (Å²) in [6.45, 7) is -8.58. The molecule has 6 heteroatoms. The lowest BCUT2D eigenvalue weighted by Gasteiger charge is -2.36. The summed E-state index contributed by atoms with van der Waals surface area (Å²) in [6.07, 6.45) is -0.272. The van der Waals surface area contributed by atoms with Gasteiger partial charge >= 0.3 is 6.09 Å². The number of carbonyl (C=O) groups excluding carboxylic acids is 1. The summed E-state index contributed by atoms with van der Waals surface area (Å²) >= 11 is 3.14. The van der Waals surface area contributed by atoms with E-state index in [1.807, 2.05) is 0 Å². The quantitative estimate of drug-likeness (QED) is 0.781. The number of amides is 1. The van der Waals surface area contributed by atoms with Gasteiger partial charge in [0.1, 0.15) is 11.4 Å². The lowest BCUT2D eigenvalue weighted by Crippen LogP contribution is -2.50. The van der Waals surface area contributed by atoms with Crippen molar-refractivity contribution in [2.75, 3.05) is 30.9 Å². The maximum atomic E-state index is 12.6. The highest BCUT2D eigenvalue weighted by atomic mass is 79.9. The van der Waals surface area contributed by atoms with E-state index in [1.165, 1.54) is 39.1 Å². The van der Waals surface area contributed by atoms with E-state index in [1.54, 1.807) is 0 Å². The molecule has 2 rings (SSSR count). The highest BCUT2D eigenvalue weighted by Gasteiger charge is 2.26. The largest absolute Gasteiger partial charge is 0.444 e. The van der Waals surface area contributed by atoms with Crippen LogP contribution >= 0.6 is 15.9 Å². The van der Waals surface area contributed by atoms with Crippen molar-refractivity contribution in [3.8, 4) is 0 Å². The molecule has 0 unspecified atom stereocenters. The molecule has 5 nitrogen and oxygen atoms in total. The van der Waals surface area contributed by atoms with Crippen molar-refractivity contribution in [2.45, 2.75) is 26.4 Å². The molecule has 1 aliphatic heterocycles. The fourth-order valence-electron chi connectivity index (χ4n) is 1.27. The maximum absolute atomic E-state index is 12.6. The van der Waals surface area contributed by atoms with Crippen molar-refractivity contribution in [2.24, 2.45) is 0 Å². The number of ether oxygens (including phenoxy) is 1. The van der Waals surface area contributed by atoms with Crippen LogP contribution in [0.25, 0.3) is 0 Å². The van der Waals surface area contributed by atoms with E-state index in [0.717, 1.165) is 0 Å². The topological polar surface area (TPSA) is 45.7 Å². The summed E-state index contributed by atoms with van der Waals surface area (Å²) in [7, 11) is 0. The zero-order valence-corrected chi connectivity index (χ0v) is 12.9. The first kappa shape index (κ1) is 7.64. The summed E-state index contributed by atoms with van der Waals surface area (Å²) < 4.78 is 71.5. The number of hydrogen-bond donors (Lipinski definition) is 0. The van der Waals surface area contributed by atoms with Gasteiger partial charge in [0.25, 0.3) is 0 Å². The smallest absolute Gasteiger partial charge is 0.410 e. The lowest BCUT2D eigenvalue weighted by atomic mass is 10.2. The molecule has 2 heterocycles. The van der Waals surface area contributed by atoms with Gasteiger partial charge in [-0.3, -0.25) is 0 Å². The predicted molar refractivity (Wildman–Crippen MR) is 82.0 cm³/mol. The van der Waals surface area contributed by atoms with Crippen LogP contribution in [-0.4, -0.2) is 47.6 Å². The van der Waals surface area contributed by atoms with E-state index in [2.05, 4.69) is 20.9 Å². The molecule has 0 atom stereocenters. The SMILES string of the molecule is [2H]C1([2H])N(C(=O)OC(C)(C)C)C([2H])([2H])C([2H])([2H])N(c2ccc(Br)cn2)C1([2H])[2H]. The third-order valence-corrected chi connectivity index (χ3v) is 2.53. The Morgan fingerprint density at radius 3 is 2.50 bits per heavy atom. The van der Waals surface area contributed by atoms with Crippen molar-refractivity contribution >= 4 is 27.8 Å². The standard InChI is InChI=1S/C14H20BrN3O2/c1-14(2,3)20-13(19)18-8-6-17(7-9-18)12-5-4-11(15)10-16-12/h4-5,10H,6-9H2,1-3H3/i6D2,7D2,8D2,9D2. The second-order valence-electron chi connectivity index (χ2n) is 4.93. The van der Waals surface area contributed by atoms with E-state index in [-0.39, 0.29) is 15.6 Å². The molecule has 20 heavy (non-hydrogen) atoms. The van der Waals surface area contributed by atoms with Crippen LogP contribution in [0.1, 0.15) is 31.7 Å². The molecular formula is C14H20BrN3O2. The fourth-order valence-corrected chi connectivity index (χ4v) is 1.50. The van der Waals surface area contributed by atoms with Gasteiger partial charge in [-0.2, -0.15) is 0 Å². The zero-order chi connectivity index (χ0) is 21.9. The number of piperazine rings is 1. The first-order valence-corrected chi connectivity index (χ1v) is 6.62. The molecule has 1 aromatic heterocycles. The van der Waals surface area contributed by atoms with Crippen LogP contribution in [0.3, 0.4) is 0 Å².